The second kappa shape index (κ2) is 5.49. The number of hydrogen-bond donors (Lipinski definition) is 3. The molecule has 7 nitrogen and oxygen atoms in total. The zero-order chi connectivity index (χ0) is 14.9. The van der Waals surface area contributed by atoms with Gasteiger partial charge in [0.1, 0.15) is 12.1 Å². The molecule has 0 spiro atoms. The average Bonchev–Trinajstić information content (AvgIpc) is 2.66. The standard InChI is InChI=1S/C12H15NO6S/c1-7-2-4-8(5-3-7)20(17,18)13-10-11(15)9(6-14)19-12(10)16/h2-5,9-11,13-15H,6H2,1H3/t9-,10-,11-/m1/s1. The monoisotopic (exact) mass is 301 g/mol. The van der Waals surface area contributed by atoms with Crippen molar-refractivity contribution < 1.29 is 28.2 Å². The molecule has 0 radical (unpaired) electrons. The number of nitrogens with one attached hydrogen (secondary N) is 1. The predicted octanol–water partition coefficient (Wildman–Crippen LogP) is -1.08. The molecular weight excluding hydrogens is 286 g/mol. The zero-order valence-electron chi connectivity index (χ0n) is 10.7. The molecule has 3 N–H and O–H groups in total. The first kappa shape index (κ1) is 14.9. The van der Waals surface area contributed by atoms with Crippen LogP contribution >= 0.6 is 0 Å². The third kappa shape index (κ3) is 2.83. The Bertz CT molecular complexity index is 597. The number of benzene rings is 1. The van der Waals surface area contributed by atoms with E-state index in [2.05, 4.69) is 9.46 Å². The Morgan fingerprint density at radius 1 is 1.30 bits per heavy atom. The number of cyclic esters (lactones) is 1. The quantitative estimate of drug-likeness (QED) is 0.610. The van der Waals surface area contributed by atoms with E-state index >= 15 is 0 Å². The predicted molar refractivity (Wildman–Crippen MR) is 68.3 cm³/mol. The van der Waals surface area contributed by atoms with Crippen molar-refractivity contribution >= 4 is 16.0 Å². The number of rotatable bonds is 4. The Hall–Kier alpha value is -1.48. The van der Waals surface area contributed by atoms with Crippen molar-refractivity contribution in [1.29, 1.82) is 0 Å². The molecule has 8 heteroatoms. The lowest BCUT2D eigenvalue weighted by molar-refractivity contribution is -0.144. The summed E-state index contributed by atoms with van der Waals surface area (Å²) < 4.78 is 30.9. The van der Waals surface area contributed by atoms with Crippen molar-refractivity contribution in [2.75, 3.05) is 6.61 Å². The van der Waals surface area contributed by atoms with Gasteiger partial charge in [0.05, 0.1) is 11.5 Å². The minimum Gasteiger partial charge on any atom is -0.456 e. The number of carbonyl (C=O) groups excluding carboxylic acids is 1. The van der Waals surface area contributed by atoms with Crippen LogP contribution in [0.3, 0.4) is 0 Å². The van der Waals surface area contributed by atoms with E-state index in [1.54, 1.807) is 12.1 Å². The number of sulfonamides is 1. The van der Waals surface area contributed by atoms with Crippen LogP contribution in [0.15, 0.2) is 29.2 Å². The summed E-state index contributed by atoms with van der Waals surface area (Å²) in [7, 11) is -3.95. The van der Waals surface area contributed by atoms with Gasteiger partial charge in [-0.3, -0.25) is 4.79 Å². The number of aryl methyl sites for hydroxylation is 1. The molecule has 0 unspecified atom stereocenters. The van der Waals surface area contributed by atoms with Crippen LogP contribution in [0.25, 0.3) is 0 Å². The molecule has 1 fully saturated rings. The lowest BCUT2D eigenvalue weighted by Crippen LogP contribution is -2.46. The van der Waals surface area contributed by atoms with Gasteiger partial charge in [0.2, 0.25) is 10.0 Å². The van der Waals surface area contributed by atoms with E-state index < -0.39 is 40.8 Å². The van der Waals surface area contributed by atoms with Crippen molar-refractivity contribution in [2.24, 2.45) is 0 Å². The summed E-state index contributed by atoms with van der Waals surface area (Å²) in [5.41, 5.74) is 0.893. The Balaban J connectivity index is 2.20. The van der Waals surface area contributed by atoms with E-state index in [0.29, 0.717) is 0 Å². The van der Waals surface area contributed by atoms with Crippen LogP contribution in [0.4, 0.5) is 0 Å². The molecule has 20 heavy (non-hydrogen) atoms. The van der Waals surface area contributed by atoms with E-state index in [9.17, 15) is 18.3 Å². The Kier molecular flexibility index (Phi) is 4.09. The molecule has 1 aliphatic rings. The highest BCUT2D eigenvalue weighted by molar-refractivity contribution is 7.89. The maximum atomic E-state index is 12.1. The fourth-order valence-corrected chi connectivity index (χ4v) is 3.06. The summed E-state index contributed by atoms with van der Waals surface area (Å²) >= 11 is 0. The third-order valence-corrected chi connectivity index (χ3v) is 4.49. The largest absolute Gasteiger partial charge is 0.456 e. The molecule has 1 heterocycles. The average molecular weight is 301 g/mol. The molecule has 0 bridgehead atoms. The molecular formula is C12H15NO6S. The highest BCUT2D eigenvalue weighted by atomic mass is 32.2. The molecule has 2 rings (SSSR count). The van der Waals surface area contributed by atoms with E-state index in [0.717, 1.165) is 5.56 Å². The Morgan fingerprint density at radius 2 is 1.90 bits per heavy atom. The fourth-order valence-electron chi connectivity index (χ4n) is 1.86. The maximum absolute atomic E-state index is 12.1. The SMILES string of the molecule is Cc1ccc(S(=O)(=O)N[C@H]2C(=O)O[C@H](CO)[C@H]2O)cc1. The molecule has 1 aromatic carbocycles. The summed E-state index contributed by atoms with van der Waals surface area (Å²) in [6, 6.07) is 4.61. The maximum Gasteiger partial charge on any atom is 0.327 e. The first-order valence-electron chi connectivity index (χ1n) is 5.93. The molecule has 0 aliphatic carbocycles. The van der Waals surface area contributed by atoms with E-state index in [4.69, 9.17) is 5.11 Å². The zero-order valence-corrected chi connectivity index (χ0v) is 11.5. The molecule has 110 valence electrons. The van der Waals surface area contributed by atoms with Gasteiger partial charge in [-0.25, -0.2) is 8.42 Å². The third-order valence-electron chi connectivity index (χ3n) is 3.04. The van der Waals surface area contributed by atoms with Crippen LogP contribution in [0.2, 0.25) is 0 Å². The van der Waals surface area contributed by atoms with Crippen molar-refractivity contribution in [3.63, 3.8) is 0 Å². The topological polar surface area (TPSA) is 113 Å². The molecule has 3 atom stereocenters. The summed E-state index contributed by atoms with van der Waals surface area (Å²) in [5, 5.41) is 18.6. The number of hydrogen-bond acceptors (Lipinski definition) is 6. The molecule has 0 saturated carbocycles. The van der Waals surface area contributed by atoms with Crippen molar-refractivity contribution in [3.05, 3.63) is 29.8 Å². The van der Waals surface area contributed by atoms with E-state index in [-0.39, 0.29) is 4.90 Å². The molecule has 0 amide bonds. The Labute approximate surface area is 116 Å². The number of esters is 1. The summed E-state index contributed by atoms with van der Waals surface area (Å²) in [5.74, 6) is -0.910. The molecule has 1 saturated heterocycles. The minimum atomic E-state index is -3.95. The molecule has 1 aliphatic heterocycles. The first-order chi connectivity index (χ1) is 9.35. The lowest BCUT2D eigenvalue weighted by Gasteiger charge is -2.15. The van der Waals surface area contributed by atoms with Crippen LogP contribution in [-0.4, -0.2) is 49.5 Å². The van der Waals surface area contributed by atoms with E-state index in [1.807, 2.05) is 6.92 Å². The summed E-state index contributed by atoms with van der Waals surface area (Å²) in [4.78, 5) is 11.5. The normalized spacial score (nSPS) is 26.6. The number of ether oxygens (including phenoxy) is 1. The van der Waals surface area contributed by atoms with Gasteiger partial charge in [-0.1, -0.05) is 17.7 Å². The smallest absolute Gasteiger partial charge is 0.327 e. The summed E-state index contributed by atoms with van der Waals surface area (Å²) in [6.45, 7) is 1.24. The van der Waals surface area contributed by atoms with Gasteiger partial charge in [-0.05, 0) is 19.1 Å². The summed E-state index contributed by atoms with van der Waals surface area (Å²) in [6.07, 6.45) is -2.54. The van der Waals surface area contributed by atoms with E-state index in [1.165, 1.54) is 12.1 Å². The second-order valence-corrected chi connectivity index (χ2v) is 6.27. The van der Waals surface area contributed by atoms with Gasteiger partial charge in [-0.15, -0.1) is 0 Å². The Morgan fingerprint density at radius 3 is 2.40 bits per heavy atom. The van der Waals surface area contributed by atoms with Crippen LogP contribution in [-0.2, 0) is 19.6 Å². The van der Waals surface area contributed by atoms with Gasteiger partial charge < -0.3 is 14.9 Å². The molecule has 0 aromatic heterocycles. The lowest BCUT2D eigenvalue weighted by atomic mass is 10.1. The number of aliphatic hydroxyl groups is 2. The molecule has 1 aromatic rings. The van der Waals surface area contributed by atoms with Gasteiger partial charge in [-0.2, -0.15) is 4.72 Å². The van der Waals surface area contributed by atoms with Gasteiger partial charge in [0.25, 0.3) is 0 Å². The second-order valence-electron chi connectivity index (χ2n) is 4.56. The highest BCUT2D eigenvalue weighted by Crippen LogP contribution is 2.18. The minimum absolute atomic E-state index is 0.0180. The van der Waals surface area contributed by atoms with Crippen molar-refractivity contribution in [2.45, 2.75) is 30.1 Å². The highest BCUT2D eigenvalue weighted by Gasteiger charge is 2.45. The van der Waals surface area contributed by atoms with Gasteiger partial charge in [0, 0.05) is 0 Å². The number of aliphatic hydroxyl groups excluding tert-OH is 2. The number of carbonyl (C=O) groups is 1. The van der Waals surface area contributed by atoms with Crippen LogP contribution in [0.1, 0.15) is 5.56 Å². The van der Waals surface area contributed by atoms with Gasteiger partial charge >= 0.3 is 5.97 Å². The van der Waals surface area contributed by atoms with Gasteiger partial charge in [0.15, 0.2) is 6.10 Å². The van der Waals surface area contributed by atoms with Crippen LogP contribution in [0, 0.1) is 6.92 Å². The fraction of sp³-hybridized carbons (Fsp3) is 0.417. The van der Waals surface area contributed by atoms with Crippen molar-refractivity contribution in [1.82, 2.24) is 4.72 Å². The van der Waals surface area contributed by atoms with Crippen LogP contribution < -0.4 is 4.72 Å². The first-order valence-corrected chi connectivity index (χ1v) is 7.42. The van der Waals surface area contributed by atoms with Crippen molar-refractivity contribution in [3.8, 4) is 0 Å². The van der Waals surface area contributed by atoms with Crippen LogP contribution in [0.5, 0.6) is 0 Å².